The summed E-state index contributed by atoms with van der Waals surface area (Å²) in [7, 11) is 1.62. The Kier molecular flexibility index (Phi) is 12.8. The van der Waals surface area contributed by atoms with E-state index in [0.29, 0.717) is 25.9 Å². The zero-order chi connectivity index (χ0) is 31.4. The second-order valence-corrected chi connectivity index (χ2v) is 11.4. The van der Waals surface area contributed by atoms with Crippen LogP contribution in [0.1, 0.15) is 65.5 Å². The standard InChI is InChI=1S/C29H46N8O5/c1-17(35-21-15-19(42-5)14-18-10-11-23(29(2,3)4)37-25(18)21)8-6-12-33-24(38)16-22(27(40)41)36-26(39)20(30)9-7-13-34-28(31)32/h10-11,14-15,17,20,22,35H,6-9,12-13,16,30H2,1-5H3,(H,33,38)(H,36,39)(H,40,41)(H4,31,32,34)/t17?,20-,22?/m1/s1. The van der Waals surface area contributed by atoms with E-state index in [1.807, 2.05) is 31.2 Å². The molecule has 0 aliphatic heterocycles. The van der Waals surface area contributed by atoms with Gasteiger partial charge in [0, 0.05) is 41.7 Å². The molecule has 0 radical (unpaired) electrons. The fourth-order valence-corrected chi connectivity index (χ4v) is 4.21. The van der Waals surface area contributed by atoms with E-state index in [1.54, 1.807) is 7.11 Å². The lowest BCUT2D eigenvalue weighted by molar-refractivity contribution is -0.143. The monoisotopic (exact) mass is 586 g/mol. The van der Waals surface area contributed by atoms with Gasteiger partial charge in [-0.3, -0.25) is 19.6 Å². The van der Waals surface area contributed by atoms with Crippen LogP contribution < -0.4 is 37.9 Å². The summed E-state index contributed by atoms with van der Waals surface area (Å²) in [6.07, 6.45) is 1.67. The predicted octanol–water partition coefficient (Wildman–Crippen LogP) is 1.58. The number of aliphatic carboxylic acids is 1. The number of carbonyl (C=O) groups is 3. The third-order valence-corrected chi connectivity index (χ3v) is 6.62. The number of ether oxygens (including phenoxy) is 1. The molecule has 0 bridgehead atoms. The summed E-state index contributed by atoms with van der Waals surface area (Å²) in [5, 5.41) is 19.0. The average molecular weight is 587 g/mol. The third-order valence-electron chi connectivity index (χ3n) is 6.62. The maximum Gasteiger partial charge on any atom is 0.326 e. The summed E-state index contributed by atoms with van der Waals surface area (Å²) in [6, 6.07) is 5.67. The number of anilines is 1. The van der Waals surface area contributed by atoms with Crippen molar-refractivity contribution in [2.75, 3.05) is 25.5 Å². The molecule has 1 aromatic carbocycles. The van der Waals surface area contributed by atoms with E-state index in [4.69, 9.17) is 26.9 Å². The van der Waals surface area contributed by atoms with Gasteiger partial charge in [-0.2, -0.15) is 0 Å². The normalized spacial score (nSPS) is 13.5. The van der Waals surface area contributed by atoms with Crippen LogP contribution in [-0.4, -0.2) is 72.2 Å². The summed E-state index contributed by atoms with van der Waals surface area (Å²) in [5.41, 5.74) is 19.0. The zero-order valence-corrected chi connectivity index (χ0v) is 25.2. The first-order chi connectivity index (χ1) is 19.7. The van der Waals surface area contributed by atoms with E-state index in [0.717, 1.165) is 34.5 Å². The van der Waals surface area contributed by atoms with Crippen molar-refractivity contribution in [1.29, 1.82) is 0 Å². The Hall–Kier alpha value is -4.13. The van der Waals surface area contributed by atoms with Crippen molar-refractivity contribution in [1.82, 2.24) is 15.6 Å². The molecule has 1 aromatic heterocycles. The van der Waals surface area contributed by atoms with E-state index in [-0.39, 0.29) is 23.8 Å². The fourth-order valence-electron chi connectivity index (χ4n) is 4.21. The molecule has 1 heterocycles. The number of benzene rings is 1. The minimum Gasteiger partial charge on any atom is -0.497 e. The summed E-state index contributed by atoms with van der Waals surface area (Å²) < 4.78 is 5.48. The minimum absolute atomic E-state index is 0.0526. The molecular weight excluding hydrogens is 540 g/mol. The molecule has 13 nitrogen and oxygen atoms in total. The second-order valence-electron chi connectivity index (χ2n) is 11.4. The molecule has 0 aliphatic rings. The van der Waals surface area contributed by atoms with Crippen molar-refractivity contribution >= 4 is 40.3 Å². The molecule has 0 aliphatic carbocycles. The van der Waals surface area contributed by atoms with Gasteiger partial charge in [-0.25, -0.2) is 4.79 Å². The Balaban J connectivity index is 1.87. The molecule has 0 saturated carbocycles. The molecule has 42 heavy (non-hydrogen) atoms. The van der Waals surface area contributed by atoms with E-state index in [1.165, 1.54) is 0 Å². The van der Waals surface area contributed by atoms with Gasteiger partial charge in [-0.15, -0.1) is 0 Å². The maximum atomic E-state index is 12.4. The highest BCUT2D eigenvalue weighted by Crippen LogP contribution is 2.31. The largest absolute Gasteiger partial charge is 0.497 e. The van der Waals surface area contributed by atoms with Gasteiger partial charge in [0.2, 0.25) is 11.8 Å². The number of amides is 2. The number of nitrogens with one attached hydrogen (secondary N) is 3. The number of rotatable bonds is 16. The topological polar surface area (TPSA) is 220 Å². The molecule has 13 heteroatoms. The molecule has 0 spiro atoms. The second kappa shape index (κ2) is 15.8. The SMILES string of the molecule is COc1cc(NC(C)CCCNC(=O)CC(NC(=O)[C@H](N)CCCN=C(N)N)C(=O)O)c2nc(C(C)(C)C)ccc2c1. The predicted molar refractivity (Wildman–Crippen MR) is 164 cm³/mol. The number of nitrogens with zero attached hydrogens (tertiary/aromatic N) is 2. The molecule has 232 valence electrons. The molecule has 3 atom stereocenters. The molecule has 10 N–H and O–H groups in total. The van der Waals surface area contributed by atoms with Gasteiger partial charge in [0.1, 0.15) is 11.8 Å². The molecule has 0 fully saturated rings. The van der Waals surface area contributed by atoms with Gasteiger partial charge >= 0.3 is 5.97 Å². The van der Waals surface area contributed by atoms with Gasteiger partial charge < -0.3 is 43.0 Å². The molecule has 2 rings (SSSR count). The zero-order valence-electron chi connectivity index (χ0n) is 25.2. The Labute approximate surface area is 247 Å². The average Bonchev–Trinajstić information content (AvgIpc) is 2.91. The lowest BCUT2D eigenvalue weighted by atomic mass is 9.91. The number of guanidine groups is 1. The first-order valence-electron chi connectivity index (χ1n) is 14.1. The van der Waals surface area contributed by atoms with Crippen LogP contribution in [0.25, 0.3) is 10.9 Å². The number of methoxy groups -OCH3 is 1. The van der Waals surface area contributed by atoms with Crippen molar-refractivity contribution in [3.63, 3.8) is 0 Å². The highest BCUT2D eigenvalue weighted by Gasteiger charge is 2.25. The quantitative estimate of drug-likeness (QED) is 0.0855. The Bertz CT molecular complexity index is 1260. The van der Waals surface area contributed by atoms with Crippen LogP contribution in [-0.2, 0) is 19.8 Å². The Morgan fingerprint density at radius 1 is 1.12 bits per heavy atom. The van der Waals surface area contributed by atoms with Crippen LogP contribution in [0.5, 0.6) is 5.75 Å². The lowest BCUT2D eigenvalue weighted by Gasteiger charge is -2.21. The van der Waals surface area contributed by atoms with E-state index in [9.17, 15) is 19.5 Å². The molecule has 0 saturated heterocycles. The molecule has 2 amide bonds. The van der Waals surface area contributed by atoms with E-state index >= 15 is 0 Å². The van der Waals surface area contributed by atoms with Crippen molar-refractivity contribution in [2.24, 2.45) is 22.2 Å². The Morgan fingerprint density at radius 3 is 2.45 bits per heavy atom. The number of hydrogen-bond donors (Lipinski definition) is 7. The number of carboxylic acids is 1. The first kappa shape index (κ1) is 34.1. The summed E-state index contributed by atoms with van der Waals surface area (Å²) in [5.74, 6) is -1.80. The van der Waals surface area contributed by atoms with E-state index < -0.39 is 36.3 Å². The number of aliphatic imine (C=N–C) groups is 1. The van der Waals surface area contributed by atoms with Crippen LogP contribution in [0, 0.1) is 0 Å². The van der Waals surface area contributed by atoms with Crippen molar-refractivity contribution in [3.8, 4) is 5.75 Å². The molecule has 2 unspecified atom stereocenters. The van der Waals surface area contributed by atoms with Gasteiger partial charge in [-0.05, 0) is 44.7 Å². The minimum atomic E-state index is -1.39. The maximum absolute atomic E-state index is 12.4. The van der Waals surface area contributed by atoms with Crippen molar-refractivity contribution < 1.29 is 24.2 Å². The fraction of sp³-hybridized carbons (Fsp3) is 0.552. The van der Waals surface area contributed by atoms with Crippen LogP contribution in [0.15, 0.2) is 29.3 Å². The van der Waals surface area contributed by atoms with Crippen molar-refractivity contribution in [2.45, 2.75) is 83.3 Å². The molecular formula is C29H46N8O5. The van der Waals surface area contributed by atoms with Crippen LogP contribution in [0.2, 0.25) is 0 Å². The van der Waals surface area contributed by atoms with Gasteiger partial charge in [0.25, 0.3) is 0 Å². The number of nitrogens with two attached hydrogens (primary N) is 3. The Morgan fingerprint density at radius 2 is 1.83 bits per heavy atom. The summed E-state index contributed by atoms with van der Waals surface area (Å²) >= 11 is 0. The number of fused-ring (bicyclic) bond motifs is 1. The van der Waals surface area contributed by atoms with Crippen LogP contribution in [0.4, 0.5) is 5.69 Å². The van der Waals surface area contributed by atoms with Crippen molar-refractivity contribution in [3.05, 3.63) is 30.0 Å². The van der Waals surface area contributed by atoms with Gasteiger partial charge in [0.15, 0.2) is 5.96 Å². The number of hydrogen-bond acceptors (Lipinski definition) is 8. The molecule has 2 aromatic rings. The summed E-state index contributed by atoms with van der Waals surface area (Å²) in [4.78, 5) is 45.1. The number of carboxylic acid groups (broad SMARTS) is 1. The summed E-state index contributed by atoms with van der Waals surface area (Å²) in [6.45, 7) is 9.05. The lowest BCUT2D eigenvalue weighted by Crippen LogP contribution is -2.50. The number of pyridine rings is 1. The van der Waals surface area contributed by atoms with E-state index in [2.05, 4.69) is 41.7 Å². The highest BCUT2D eigenvalue weighted by atomic mass is 16.5. The number of carbonyl (C=O) groups excluding carboxylic acids is 2. The van der Waals surface area contributed by atoms with Crippen LogP contribution in [0.3, 0.4) is 0 Å². The third kappa shape index (κ3) is 11.0. The number of aromatic nitrogens is 1. The van der Waals surface area contributed by atoms with Gasteiger partial charge in [0.05, 0.1) is 30.8 Å². The van der Waals surface area contributed by atoms with Crippen LogP contribution >= 0.6 is 0 Å². The smallest absolute Gasteiger partial charge is 0.326 e. The highest BCUT2D eigenvalue weighted by molar-refractivity contribution is 5.92. The van der Waals surface area contributed by atoms with Gasteiger partial charge in [-0.1, -0.05) is 26.8 Å². The first-order valence-corrected chi connectivity index (χ1v) is 14.1.